The molecule has 0 saturated carbocycles. The second-order valence-electron chi connectivity index (χ2n) is 5.86. The smallest absolute Gasteiger partial charge is 0.0358 e. The predicted molar refractivity (Wildman–Crippen MR) is 71.6 cm³/mol. The number of allylic oxidation sites excluding steroid dienone is 1. The molecule has 2 N–H and O–H groups in total. The second-order valence-corrected chi connectivity index (χ2v) is 5.86. The first-order valence-corrected chi connectivity index (χ1v) is 6.00. The van der Waals surface area contributed by atoms with E-state index >= 15 is 0 Å². The Kier molecular flexibility index (Phi) is 2.57. The molecule has 86 valence electrons. The van der Waals surface area contributed by atoms with E-state index < -0.39 is 0 Å². The molecule has 0 fully saturated rings. The summed E-state index contributed by atoms with van der Waals surface area (Å²) in [6, 6.07) is 4.43. The summed E-state index contributed by atoms with van der Waals surface area (Å²) in [4.78, 5) is 0. The van der Waals surface area contributed by atoms with Crippen molar-refractivity contribution in [2.45, 2.75) is 45.4 Å². The third-order valence-electron chi connectivity index (χ3n) is 3.38. The molecule has 1 aromatic carbocycles. The van der Waals surface area contributed by atoms with E-state index in [0.717, 1.165) is 12.1 Å². The Labute approximate surface area is 98.4 Å². The SMILES string of the molecule is CC1CC=Cc2cc(N)c(C(C)(C)C)cc21. The van der Waals surface area contributed by atoms with Crippen molar-refractivity contribution in [1.29, 1.82) is 0 Å². The highest BCUT2D eigenvalue weighted by Gasteiger charge is 2.21. The number of hydrogen-bond donors (Lipinski definition) is 1. The van der Waals surface area contributed by atoms with Gasteiger partial charge in [0, 0.05) is 5.69 Å². The lowest BCUT2D eigenvalue weighted by Crippen LogP contribution is -2.16. The number of anilines is 1. The van der Waals surface area contributed by atoms with Gasteiger partial charge in [-0.3, -0.25) is 0 Å². The molecule has 0 saturated heterocycles. The zero-order valence-electron chi connectivity index (χ0n) is 10.7. The van der Waals surface area contributed by atoms with Gasteiger partial charge >= 0.3 is 0 Å². The van der Waals surface area contributed by atoms with E-state index in [2.05, 4.69) is 52.0 Å². The van der Waals surface area contributed by atoms with Crippen LogP contribution in [0.15, 0.2) is 18.2 Å². The second kappa shape index (κ2) is 3.65. The number of rotatable bonds is 0. The maximum atomic E-state index is 6.14. The van der Waals surface area contributed by atoms with Gasteiger partial charge in [-0.2, -0.15) is 0 Å². The largest absolute Gasteiger partial charge is 0.398 e. The standard InChI is InChI=1S/C15H21N/c1-10-6-5-7-11-8-14(16)13(9-12(10)11)15(2,3)4/h5,7-10H,6,16H2,1-4H3. The molecule has 1 heteroatoms. The Balaban J connectivity index is 2.60. The summed E-state index contributed by atoms with van der Waals surface area (Å²) < 4.78 is 0. The predicted octanol–water partition coefficient (Wildman–Crippen LogP) is 4.09. The van der Waals surface area contributed by atoms with Crippen molar-refractivity contribution in [3.05, 3.63) is 34.9 Å². The molecule has 1 aromatic rings. The molecular formula is C15H21N. The van der Waals surface area contributed by atoms with Crippen LogP contribution >= 0.6 is 0 Å². The molecule has 1 atom stereocenters. The van der Waals surface area contributed by atoms with Crippen LogP contribution in [-0.4, -0.2) is 0 Å². The van der Waals surface area contributed by atoms with Crippen molar-refractivity contribution in [3.8, 4) is 0 Å². The van der Waals surface area contributed by atoms with Gasteiger partial charge in [-0.1, -0.05) is 45.9 Å². The molecule has 2 rings (SSSR count). The van der Waals surface area contributed by atoms with Crippen LogP contribution in [-0.2, 0) is 5.41 Å². The minimum absolute atomic E-state index is 0.125. The first kappa shape index (κ1) is 11.3. The third kappa shape index (κ3) is 1.87. The van der Waals surface area contributed by atoms with Gasteiger partial charge in [0.2, 0.25) is 0 Å². The van der Waals surface area contributed by atoms with Gasteiger partial charge in [0.25, 0.3) is 0 Å². The van der Waals surface area contributed by atoms with Crippen LogP contribution in [0.4, 0.5) is 5.69 Å². The molecule has 0 heterocycles. The van der Waals surface area contributed by atoms with Gasteiger partial charge in [-0.05, 0) is 40.5 Å². The van der Waals surface area contributed by atoms with E-state index in [-0.39, 0.29) is 5.41 Å². The summed E-state index contributed by atoms with van der Waals surface area (Å²) in [5.41, 5.74) is 11.2. The lowest BCUT2D eigenvalue weighted by atomic mass is 9.80. The molecule has 16 heavy (non-hydrogen) atoms. The molecular weight excluding hydrogens is 194 g/mol. The third-order valence-corrected chi connectivity index (χ3v) is 3.38. The molecule has 0 amide bonds. The summed E-state index contributed by atoms with van der Waals surface area (Å²) in [6.45, 7) is 8.93. The Bertz CT molecular complexity index is 435. The van der Waals surface area contributed by atoms with E-state index in [1.807, 2.05) is 0 Å². The van der Waals surface area contributed by atoms with Crippen LogP contribution in [0.1, 0.15) is 56.7 Å². The summed E-state index contributed by atoms with van der Waals surface area (Å²) >= 11 is 0. The van der Waals surface area contributed by atoms with Crippen LogP contribution in [0, 0.1) is 0 Å². The van der Waals surface area contributed by atoms with E-state index in [9.17, 15) is 0 Å². The minimum atomic E-state index is 0.125. The number of benzene rings is 1. The zero-order valence-corrected chi connectivity index (χ0v) is 10.7. The van der Waals surface area contributed by atoms with Gasteiger partial charge in [-0.25, -0.2) is 0 Å². The highest BCUT2D eigenvalue weighted by molar-refractivity contribution is 5.66. The van der Waals surface area contributed by atoms with Crippen LogP contribution in [0.25, 0.3) is 6.08 Å². The number of nitrogens with two attached hydrogens (primary N) is 1. The van der Waals surface area contributed by atoms with Crippen molar-refractivity contribution in [3.63, 3.8) is 0 Å². The Morgan fingerprint density at radius 1 is 1.25 bits per heavy atom. The van der Waals surface area contributed by atoms with Crippen LogP contribution in [0.2, 0.25) is 0 Å². The highest BCUT2D eigenvalue weighted by Crippen LogP contribution is 2.36. The molecule has 0 spiro atoms. The molecule has 0 aromatic heterocycles. The molecule has 0 bridgehead atoms. The normalized spacial score (nSPS) is 19.6. The Hall–Kier alpha value is -1.24. The van der Waals surface area contributed by atoms with Crippen molar-refractivity contribution >= 4 is 11.8 Å². The summed E-state index contributed by atoms with van der Waals surface area (Å²) in [5, 5.41) is 0. The lowest BCUT2D eigenvalue weighted by Gasteiger charge is -2.26. The average Bonchev–Trinajstić information content (AvgIpc) is 2.15. The first-order valence-electron chi connectivity index (χ1n) is 6.00. The summed E-state index contributed by atoms with van der Waals surface area (Å²) in [5.74, 6) is 0.613. The molecule has 0 radical (unpaired) electrons. The van der Waals surface area contributed by atoms with Crippen molar-refractivity contribution in [1.82, 2.24) is 0 Å². The lowest BCUT2D eigenvalue weighted by molar-refractivity contribution is 0.590. The fourth-order valence-corrected chi connectivity index (χ4v) is 2.40. The van der Waals surface area contributed by atoms with Crippen LogP contribution in [0.5, 0.6) is 0 Å². The van der Waals surface area contributed by atoms with E-state index in [0.29, 0.717) is 5.92 Å². The van der Waals surface area contributed by atoms with Gasteiger partial charge in [0.15, 0.2) is 0 Å². The molecule has 1 nitrogen and oxygen atoms in total. The van der Waals surface area contributed by atoms with Gasteiger partial charge in [0.1, 0.15) is 0 Å². The molecule has 0 aliphatic heterocycles. The van der Waals surface area contributed by atoms with Gasteiger partial charge < -0.3 is 5.73 Å². The fraction of sp³-hybridized carbons (Fsp3) is 0.467. The molecule has 1 unspecified atom stereocenters. The Morgan fingerprint density at radius 3 is 2.56 bits per heavy atom. The molecule has 1 aliphatic carbocycles. The number of nitrogen functional groups attached to an aromatic ring is 1. The maximum Gasteiger partial charge on any atom is 0.0358 e. The first-order chi connectivity index (χ1) is 7.39. The zero-order chi connectivity index (χ0) is 11.9. The summed E-state index contributed by atoms with van der Waals surface area (Å²) in [6.07, 6.45) is 5.57. The van der Waals surface area contributed by atoms with Gasteiger partial charge in [0.05, 0.1) is 0 Å². The van der Waals surface area contributed by atoms with Gasteiger partial charge in [-0.15, -0.1) is 0 Å². The van der Waals surface area contributed by atoms with E-state index in [1.54, 1.807) is 0 Å². The number of hydrogen-bond acceptors (Lipinski definition) is 1. The van der Waals surface area contributed by atoms with Crippen molar-refractivity contribution in [2.75, 3.05) is 5.73 Å². The van der Waals surface area contributed by atoms with Crippen molar-refractivity contribution in [2.24, 2.45) is 0 Å². The van der Waals surface area contributed by atoms with E-state index in [1.165, 1.54) is 16.7 Å². The quantitative estimate of drug-likeness (QED) is 0.648. The summed E-state index contributed by atoms with van der Waals surface area (Å²) in [7, 11) is 0. The minimum Gasteiger partial charge on any atom is -0.398 e. The fourth-order valence-electron chi connectivity index (χ4n) is 2.40. The number of fused-ring (bicyclic) bond motifs is 1. The Morgan fingerprint density at radius 2 is 1.94 bits per heavy atom. The van der Waals surface area contributed by atoms with Crippen molar-refractivity contribution < 1.29 is 0 Å². The average molecular weight is 215 g/mol. The maximum absolute atomic E-state index is 6.14. The van der Waals surface area contributed by atoms with Crippen LogP contribution < -0.4 is 5.73 Å². The van der Waals surface area contributed by atoms with Crippen LogP contribution in [0.3, 0.4) is 0 Å². The highest BCUT2D eigenvalue weighted by atomic mass is 14.6. The topological polar surface area (TPSA) is 26.0 Å². The molecule has 1 aliphatic rings. The van der Waals surface area contributed by atoms with E-state index in [4.69, 9.17) is 5.73 Å². The monoisotopic (exact) mass is 215 g/mol.